The summed E-state index contributed by atoms with van der Waals surface area (Å²) in [6.45, 7) is 2.30. The predicted octanol–water partition coefficient (Wildman–Crippen LogP) is 2.91. The third kappa shape index (κ3) is 3.97. The van der Waals surface area contributed by atoms with E-state index in [2.05, 4.69) is 0 Å². The molecule has 20 heavy (non-hydrogen) atoms. The number of hydrogen-bond acceptors (Lipinski definition) is 3. The normalized spacial score (nSPS) is 17.4. The van der Waals surface area contributed by atoms with E-state index in [9.17, 15) is 4.79 Å². The highest BCUT2D eigenvalue weighted by molar-refractivity contribution is 5.72. The second kappa shape index (κ2) is 6.75. The van der Waals surface area contributed by atoms with Crippen molar-refractivity contribution in [1.29, 1.82) is 0 Å². The third-order valence-electron chi connectivity index (χ3n) is 3.95. The molecule has 2 rings (SSSR count). The van der Waals surface area contributed by atoms with Gasteiger partial charge in [-0.3, -0.25) is 9.69 Å². The molecule has 110 valence electrons. The van der Waals surface area contributed by atoms with E-state index in [0.29, 0.717) is 12.6 Å². The second-order valence-corrected chi connectivity index (χ2v) is 5.60. The number of likely N-dealkylation sites (N-methyl/N-ethyl adjacent to an activating group) is 1. The first-order valence-electron chi connectivity index (χ1n) is 7.25. The van der Waals surface area contributed by atoms with Gasteiger partial charge in [0.15, 0.2) is 0 Å². The molecule has 1 aromatic carbocycles. The Labute approximate surface area is 120 Å². The summed E-state index contributed by atoms with van der Waals surface area (Å²) in [7, 11) is 1.82. The van der Waals surface area contributed by atoms with Gasteiger partial charge >= 0.3 is 5.97 Å². The van der Waals surface area contributed by atoms with Gasteiger partial charge in [0, 0.05) is 6.54 Å². The summed E-state index contributed by atoms with van der Waals surface area (Å²) in [5.74, 6) is 0.0941. The molecule has 1 unspecified atom stereocenters. The van der Waals surface area contributed by atoms with Crippen LogP contribution < -0.4 is 4.74 Å². The van der Waals surface area contributed by atoms with Gasteiger partial charge in [-0.25, -0.2) is 0 Å². The maximum atomic E-state index is 11.0. The number of benzene rings is 1. The molecule has 0 bridgehead atoms. The minimum atomic E-state index is -0.800. The van der Waals surface area contributed by atoms with Gasteiger partial charge in [-0.15, -0.1) is 0 Å². The highest BCUT2D eigenvalue weighted by Crippen LogP contribution is 2.24. The molecule has 0 aromatic heterocycles. The van der Waals surface area contributed by atoms with Gasteiger partial charge in [0.1, 0.15) is 11.8 Å². The van der Waals surface area contributed by atoms with Crippen LogP contribution in [-0.4, -0.2) is 35.2 Å². The summed E-state index contributed by atoms with van der Waals surface area (Å²) >= 11 is 0. The maximum absolute atomic E-state index is 11.0. The van der Waals surface area contributed by atoms with Crippen LogP contribution in [0.2, 0.25) is 0 Å². The van der Waals surface area contributed by atoms with Crippen LogP contribution in [0.1, 0.15) is 38.2 Å². The molecule has 0 spiro atoms. The summed E-state index contributed by atoms with van der Waals surface area (Å²) in [4.78, 5) is 12.8. The van der Waals surface area contributed by atoms with E-state index >= 15 is 0 Å². The van der Waals surface area contributed by atoms with Crippen molar-refractivity contribution in [3.8, 4) is 5.75 Å². The van der Waals surface area contributed by atoms with Crippen LogP contribution in [0.4, 0.5) is 0 Å². The number of rotatable bonds is 6. The summed E-state index contributed by atoms with van der Waals surface area (Å²) in [6, 6.07) is 7.48. The summed E-state index contributed by atoms with van der Waals surface area (Å²) in [5, 5.41) is 9.01. The highest BCUT2D eigenvalue weighted by Gasteiger charge is 2.18. The van der Waals surface area contributed by atoms with E-state index in [4.69, 9.17) is 9.84 Å². The van der Waals surface area contributed by atoms with E-state index in [-0.39, 0.29) is 0 Å². The molecule has 1 aliphatic carbocycles. The average molecular weight is 277 g/mol. The van der Waals surface area contributed by atoms with Crippen LogP contribution in [0, 0.1) is 0 Å². The minimum Gasteiger partial charge on any atom is -0.490 e. The molecule has 0 heterocycles. The first-order valence-corrected chi connectivity index (χ1v) is 7.25. The van der Waals surface area contributed by atoms with Gasteiger partial charge in [-0.1, -0.05) is 12.1 Å². The molecule has 1 atom stereocenters. The molecule has 4 nitrogen and oxygen atoms in total. The van der Waals surface area contributed by atoms with Crippen molar-refractivity contribution in [3.63, 3.8) is 0 Å². The van der Waals surface area contributed by atoms with Crippen molar-refractivity contribution in [3.05, 3.63) is 29.8 Å². The van der Waals surface area contributed by atoms with Gasteiger partial charge in [0.25, 0.3) is 0 Å². The summed E-state index contributed by atoms with van der Waals surface area (Å²) < 4.78 is 5.97. The molecular formula is C16H23NO3. The van der Waals surface area contributed by atoms with Crippen LogP contribution in [-0.2, 0) is 11.3 Å². The van der Waals surface area contributed by atoms with Crippen molar-refractivity contribution in [2.75, 3.05) is 7.05 Å². The summed E-state index contributed by atoms with van der Waals surface area (Å²) in [6.07, 6.45) is 5.13. The van der Waals surface area contributed by atoms with E-state index in [1.807, 2.05) is 36.2 Å². The van der Waals surface area contributed by atoms with Crippen LogP contribution in [0.15, 0.2) is 24.3 Å². The monoisotopic (exact) mass is 277 g/mol. The zero-order valence-corrected chi connectivity index (χ0v) is 12.2. The van der Waals surface area contributed by atoms with Crippen LogP contribution in [0.3, 0.4) is 0 Å². The third-order valence-corrected chi connectivity index (χ3v) is 3.95. The molecular weight excluding hydrogens is 254 g/mol. The van der Waals surface area contributed by atoms with E-state index in [0.717, 1.165) is 24.2 Å². The molecule has 1 aliphatic rings. The van der Waals surface area contributed by atoms with Gasteiger partial charge in [0.2, 0.25) is 0 Å². The standard InChI is InChI=1S/C16H23NO3/c1-12(16(18)19)17(2)11-13-6-5-9-15(10-13)20-14-7-3-4-8-14/h5-6,9-10,12,14H,3-4,7-8,11H2,1-2H3,(H,18,19). The highest BCUT2D eigenvalue weighted by atomic mass is 16.5. The lowest BCUT2D eigenvalue weighted by Gasteiger charge is -2.21. The van der Waals surface area contributed by atoms with Crippen molar-refractivity contribution < 1.29 is 14.6 Å². The van der Waals surface area contributed by atoms with Gasteiger partial charge < -0.3 is 9.84 Å². The molecule has 1 N–H and O–H groups in total. The molecule has 1 fully saturated rings. The average Bonchev–Trinajstić information content (AvgIpc) is 2.91. The molecule has 0 saturated heterocycles. The Morgan fingerprint density at radius 3 is 2.80 bits per heavy atom. The topological polar surface area (TPSA) is 49.8 Å². The fourth-order valence-corrected chi connectivity index (χ4v) is 2.53. The van der Waals surface area contributed by atoms with E-state index < -0.39 is 12.0 Å². The quantitative estimate of drug-likeness (QED) is 0.868. The maximum Gasteiger partial charge on any atom is 0.320 e. The van der Waals surface area contributed by atoms with E-state index in [1.165, 1.54) is 12.8 Å². The number of aliphatic carboxylic acids is 1. The van der Waals surface area contributed by atoms with Crippen molar-refractivity contribution in [1.82, 2.24) is 4.90 Å². The first kappa shape index (κ1) is 14.9. The molecule has 0 radical (unpaired) electrons. The van der Waals surface area contributed by atoms with E-state index in [1.54, 1.807) is 6.92 Å². The molecule has 1 saturated carbocycles. The van der Waals surface area contributed by atoms with Gasteiger partial charge in [0.05, 0.1) is 6.10 Å². The largest absolute Gasteiger partial charge is 0.490 e. The van der Waals surface area contributed by atoms with Crippen LogP contribution >= 0.6 is 0 Å². The molecule has 4 heteroatoms. The Kier molecular flexibility index (Phi) is 5.01. The van der Waals surface area contributed by atoms with Gasteiger partial charge in [-0.05, 0) is 57.4 Å². The Morgan fingerprint density at radius 2 is 2.15 bits per heavy atom. The lowest BCUT2D eigenvalue weighted by molar-refractivity contribution is -0.142. The fraction of sp³-hybridized carbons (Fsp3) is 0.562. The molecule has 0 aliphatic heterocycles. The SMILES string of the molecule is CC(C(=O)O)N(C)Cc1cccc(OC2CCCC2)c1. The van der Waals surface area contributed by atoms with Crippen molar-refractivity contribution in [2.45, 2.75) is 51.3 Å². The van der Waals surface area contributed by atoms with Crippen molar-refractivity contribution in [2.24, 2.45) is 0 Å². The number of carboxylic acid groups (broad SMARTS) is 1. The Bertz CT molecular complexity index is 455. The van der Waals surface area contributed by atoms with Crippen LogP contribution in [0.5, 0.6) is 5.75 Å². The lowest BCUT2D eigenvalue weighted by Crippen LogP contribution is -2.35. The Hall–Kier alpha value is -1.55. The molecule has 1 aromatic rings. The molecule has 0 amide bonds. The zero-order chi connectivity index (χ0) is 14.5. The van der Waals surface area contributed by atoms with Crippen LogP contribution in [0.25, 0.3) is 0 Å². The minimum absolute atomic E-state index is 0.348. The Balaban J connectivity index is 1.96. The fourth-order valence-electron chi connectivity index (χ4n) is 2.53. The number of carbonyl (C=O) groups is 1. The first-order chi connectivity index (χ1) is 9.56. The summed E-state index contributed by atoms with van der Waals surface area (Å²) in [5.41, 5.74) is 1.08. The predicted molar refractivity (Wildman–Crippen MR) is 77.9 cm³/mol. The zero-order valence-electron chi connectivity index (χ0n) is 12.2. The number of ether oxygens (including phenoxy) is 1. The lowest BCUT2D eigenvalue weighted by atomic mass is 10.2. The smallest absolute Gasteiger partial charge is 0.320 e. The van der Waals surface area contributed by atoms with Crippen molar-refractivity contribution >= 4 is 5.97 Å². The second-order valence-electron chi connectivity index (χ2n) is 5.60. The number of hydrogen-bond donors (Lipinski definition) is 1. The number of nitrogens with zero attached hydrogens (tertiary/aromatic N) is 1. The van der Waals surface area contributed by atoms with Gasteiger partial charge in [-0.2, -0.15) is 0 Å². The Morgan fingerprint density at radius 1 is 1.45 bits per heavy atom. The number of carboxylic acids is 1.